The average Bonchev–Trinajstić information content (AvgIpc) is 2.63. The van der Waals surface area contributed by atoms with Crippen molar-refractivity contribution in [1.82, 2.24) is 5.32 Å². The van der Waals surface area contributed by atoms with Gasteiger partial charge in [0.25, 0.3) is 5.91 Å². The third-order valence-corrected chi connectivity index (χ3v) is 5.25. The second-order valence-electron chi connectivity index (χ2n) is 6.86. The Balaban J connectivity index is 1.80. The third kappa shape index (κ3) is 5.62. The number of rotatable bonds is 7. The van der Waals surface area contributed by atoms with Gasteiger partial charge in [-0.2, -0.15) is 5.26 Å². The molecule has 2 rings (SSSR count). The molecule has 1 fully saturated rings. The standard InChI is InChI=1S/C19H26ClN3O2/c1-15(18(24)22-19(14-21)10-4-3-5-11-19)23(2)12-13-25-17-8-6-16(20)7-9-17/h6-9,15H,3-5,10-13H2,1-2H3,(H,22,24)/p+1/t15-/m1/s1. The fraction of sp³-hybridized carbons (Fsp3) is 0.579. The summed E-state index contributed by atoms with van der Waals surface area (Å²) in [5.41, 5.74) is -0.677. The number of nitriles is 1. The maximum atomic E-state index is 12.5. The summed E-state index contributed by atoms with van der Waals surface area (Å²) >= 11 is 5.85. The molecular formula is C19H27ClN3O2+. The predicted molar refractivity (Wildman–Crippen MR) is 97.7 cm³/mol. The van der Waals surface area contributed by atoms with E-state index in [1.54, 1.807) is 12.1 Å². The number of carbonyl (C=O) groups excluding carboxylic acids is 1. The number of hydrogen-bond donors (Lipinski definition) is 2. The molecule has 0 bridgehead atoms. The first-order valence-electron chi connectivity index (χ1n) is 8.90. The molecule has 1 aromatic carbocycles. The van der Waals surface area contributed by atoms with Crippen molar-refractivity contribution < 1.29 is 14.4 Å². The van der Waals surface area contributed by atoms with Gasteiger partial charge in [-0.05, 0) is 44.0 Å². The fourth-order valence-corrected chi connectivity index (χ4v) is 3.19. The molecular weight excluding hydrogens is 338 g/mol. The Kier molecular flexibility index (Phi) is 7.10. The van der Waals surface area contributed by atoms with Crippen LogP contribution in [0.4, 0.5) is 0 Å². The van der Waals surface area contributed by atoms with Crippen molar-refractivity contribution in [2.75, 3.05) is 20.2 Å². The lowest BCUT2D eigenvalue weighted by atomic mass is 9.82. The van der Waals surface area contributed by atoms with Crippen molar-refractivity contribution in [3.05, 3.63) is 29.3 Å². The van der Waals surface area contributed by atoms with Crippen LogP contribution in [-0.4, -0.2) is 37.7 Å². The van der Waals surface area contributed by atoms with Crippen molar-refractivity contribution in [1.29, 1.82) is 5.26 Å². The Morgan fingerprint density at radius 1 is 1.36 bits per heavy atom. The Morgan fingerprint density at radius 2 is 2.00 bits per heavy atom. The molecule has 1 aliphatic rings. The Bertz CT molecular complexity index is 606. The van der Waals surface area contributed by atoms with Crippen LogP contribution >= 0.6 is 11.6 Å². The maximum Gasteiger partial charge on any atom is 0.279 e. The Morgan fingerprint density at radius 3 is 2.60 bits per heavy atom. The van der Waals surface area contributed by atoms with Gasteiger partial charge < -0.3 is 15.0 Å². The van der Waals surface area contributed by atoms with Crippen molar-refractivity contribution in [2.45, 2.75) is 50.6 Å². The van der Waals surface area contributed by atoms with Gasteiger partial charge in [0.2, 0.25) is 0 Å². The highest BCUT2D eigenvalue weighted by atomic mass is 35.5. The SMILES string of the molecule is C[C@H](C(=O)NC1(C#N)CCCCC1)[NH+](C)CCOc1ccc(Cl)cc1. The zero-order valence-electron chi connectivity index (χ0n) is 15.0. The second kappa shape index (κ2) is 9.07. The van der Waals surface area contributed by atoms with Gasteiger partial charge in [0.1, 0.15) is 24.4 Å². The average molecular weight is 365 g/mol. The van der Waals surface area contributed by atoms with E-state index in [-0.39, 0.29) is 11.9 Å². The molecule has 1 saturated carbocycles. The lowest BCUT2D eigenvalue weighted by Gasteiger charge is -2.33. The Hall–Kier alpha value is -1.77. The molecule has 1 unspecified atom stereocenters. The van der Waals surface area contributed by atoms with Crippen LogP contribution < -0.4 is 15.0 Å². The lowest BCUT2D eigenvalue weighted by Crippen LogP contribution is -3.14. The van der Waals surface area contributed by atoms with Crippen LogP contribution in [0.15, 0.2) is 24.3 Å². The van der Waals surface area contributed by atoms with Gasteiger partial charge in [0, 0.05) is 5.02 Å². The number of amides is 1. The molecule has 1 aromatic rings. The number of carbonyl (C=O) groups is 1. The van der Waals surface area contributed by atoms with Crippen molar-refractivity contribution in [2.24, 2.45) is 0 Å². The van der Waals surface area contributed by atoms with E-state index in [1.165, 1.54) is 0 Å². The Labute approximate surface area is 154 Å². The lowest BCUT2D eigenvalue weighted by molar-refractivity contribution is -0.894. The first-order valence-corrected chi connectivity index (χ1v) is 9.27. The maximum absolute atomic E-state index is 12.5. The highest BCUT2D eigenvalue weighted by molar-refractivity contribution is 6.30. The quantitative estimate of drug-likeness (QED) is 0.777. The number of ether oxygens (including phenoxy) is 1. The number of halogens is 1. The molecule has 0 aliphatic heterocycles. The molecule has 25 heavy (non-hydrogen) atoms. The molecule has 0 aromatic heterocycles. The van der Waals surface area contributed by atoms with E-state index in [1.807, 2.05) is 26.1 Å². The van der Waals surface area contributed by atoms with Crippen LogP contribution in [0.5, 0.6) is 5.75 Å². The van der Waals surface area contributed by atoms with Crippen molar-refractivity contribution >= 4 is 17.5 Å². The zero-order valence-corrected chi connectivity index (χ0v) is 15.7. The van der Waals surface area contributed by atoms with Gasteiger partial charge in [-0.15, -0.1) is 0 Å². The van der Waals surface area contributed by atoms with Gasteiger partial charge in [-0.25, -0.2) is 0 Å². The minimum atomic E-state index is -0.677. The number of hydrogen-bond acceptors (Lipinski definition) is 3. The smallest absolute Gasteiger partial charge is 0.279 e. The summed E-state index contributed by atoms with van der Waals surface area (Å²) in [5.74, 6) is 0.701. The van der Waals surface area contributed by atoms with Crippen LogP contribution in [0.25, 0.3) is 0 Å². The molecule has 2 N–H and O–H groups in total. The molecule has 2 atom stereocenters. The van der Waals surface area contributed by atoms with Gasteiger partial charge in [0.05, 0.1) is 13.1 Å². The summed E-state index contributed by atoms with van der Waals surface area (Å²) < 4.78 is 5.69. The van der Waals surface area contributed by atoms with Crippen LogP contribution in [-0.2, 0) is 4.79 Å². The largest absolute Gasteiger partial charge is 0.488 e. The topological polar surface area (TPSA) is 66.6 Å². The van der Waals surface area contributed by atoms with Crippen LogP contribution in [0, 0.1) is 11.3 Å². The second-order valence-corrected chi connectivity index (χ2v) is 7.30. The molecule has 0 spiro atoms. The number of benzene rings is 1. The molecule has 136 valence electrons. The molecule has 5 nitrogen and oxygen atoms in total. The molecule has 1 amide bonds. The van der Waals surface area contributed by atoms with Crippen LogP contribution in [0.3, 0.4) is 0 Å². The molecule has 1 aliphatic carbocycles. The summed E-state index contributed by atoms with van der Waals surface area (Å²) in [6.45, 7) is 3.09. The van der Waals surface area contributed by atoms with Crippen LogP contribution in [0.1, 0.15) is 39.0 Å². The van der Waals surface area contributed by atoms with Crippen molar-refractivity contribution in [3.8, 4) is 11.8 Å². The monoisotopic (exact) mass is 364 g/mol. The summed E-state index contributed by atoms with van der Waals surface area (Å²) in [5, 5.41) is 13.2. The molecule has 0 saturated heterocycles. The summed E-state index contributed by atoms with van der Waals surface area (Å²) in [6.07, 6.45) is 4.64. The number of nitrogens with zero attached hydrogens (tertiary/aromatic N) is 1. The third-order valence-electron chi connectivity index (χ3n) is 4.99. The normalized spacial score (nSPS) is 18.6. The molecule has 0 radical (unpaired) electrons. The fourth-order valence-electron chi connectivity index (χ4n) is 3.07. The van der Waals surface area contributed by atoms with Gasteiger partial charge >= 0.3 is 0 Å². The van der Waals surface area contributed by atoms with Gasteiger partial charge in [-0.3, -0.25) is 4.79 Å². The van der Waals surface area contributed by atoms with E-state index < -0.39 is 5.54 Å². The number of quaternary nitrogens is 1. The first kappa shape index (κ1) is 19.6. The van der Waals surface area contributed by atoms with E-state index in [4.69, 9.17) is 16.3 Å². The van der Waals surface area contributed by atoms with Crippen molar-refractivity contribution in [3.63, 3.8) is 0 Å². The number of nitrogens with one attached hydrogen (secondary N) is 2. The minimum Gasteiger partial charge on any atom is -0.488 e. The first-order chi connectivity index (χ1) is 12.0. The van der Waals surface area contributed by atoms with Gasteiger partial charge in [0.15, 0.2) is 6.04 Å². The van der Waals surface area contributed by atoms with E-state index in [2.05, 4.69) is 11.4 Å². The summed E-state index contributed by atoms with van der Waals surface area (Å²) in [7, 11) is 1.97. The van der Waals surface area contributed by atoms with E-state index in [9.17, 15) is 10.1 Å². The van der Waals surface area contributed by atoms with E-state index >= 15 is 0 Å². The van der Waals surface area contributed by atoms with Crippen LogP contribution in [0.2, 0.25) is 5.02 Å². The van der Waals surface area contributed by atoms with E-state index in [0.717, 1.165) is 42.8 Å². The zero-order chi connectivity index (χ0) is 18.3. The summed E-state index contributed by atoms with van der Waals surface area (Å²) in [4.78, 5) is 13.6. The minimum absolute atomic E-state index is 0.0626. The summed E-state index contributed by atoms with van der Waals surface area (Å²) in [6, 6.07) is 9.33. The van der Waals surface area contributed by atoms with Gasteiger partial charge in [-0.1, -0.05) is 30.9 Å². The number of likely N-dealkylation sites (N-methyl/N-ethyl adjacent to an activating group) is 1. The molecule has 6 heteroatoms. The predicted octanol–water partition coefficient (Wildman–Crippen LogP) is 1.96. The van der Waals surface area contributed by atoms with E-state index in [0.29, 0.717) is 18.2 Å². The highest BCUT2D eigenvalue weighted by Crippen LogP contribution is 2.27. The highest BCUT2D eigenvalue weighted by Gasteiger charge is 2.36. The molecule has 0 heterocycles.